The fourth-order valence-electron chi connectivity index (χ4n) is 2.80. The van der Waals surface area contributed by atoms with Crippen molar-refractivity contribution in [2.24, 2.45) is 0 Å². The molecule has 0 aliphatic rings. The fraction of sp³-hybridized carbons (Fsp3) is 0.261. The molecule has 1 aromatic heterocycles. The molecule has 29 heavy (non-hydrogen) atoms. The van der Waals surface area contributed by atoms with Gasteiger partial charge in [0.25, 0.3) is 5.91 Å². The predicted molar refractivity (Wildman–Crippen MR) is 116 cm³/mol. The van der Waals surface area contributed by atoms with Crippen molar-refractivity contribution in [3.8, 4) is 11.5 Å². The number of thiophene rings is 1. The van der Waals surface area contributed by atoms with E-state index >= 15 is 0 Å². The molecule has 6 heteroatoms. The molecule has 1 amide bonds. The summed E-state index contributed by atoms with van der Waals surface area (Å²) >= 11 is 1.69. The van der Waals surface area contributed by atoms with Gasteiger partial charge in [-0.15, -0.1) is 11.3 Å². The van der Waals surface area contributed by atoms with E-state index in [2.05, 4.69) is 16.3 Å². The van der Waals surface area contributed by atoms with Gasteiger partial charge in [0.15, 0.2) is 6.61 Å². The molecular weight excluding hydrogens is 384 g/mol. The Morgan fingerprint density at radius 3 is 2.28 bits per heavy atom. The van der Waals surface area contributed by atoms with Crippen molar-refractivity contribution in [1.29, 1.82) is 0 Å². The van der Waals surface area contributed by atoms with E-state index in [1.165, 1.54) is 4.88 Å². The molecule has 2 aromatic carbocycles. The van der Waals surface area contributed by atoms with Gasteiger partial charge < -0.3 is 19.7 Å². The highest BCUT2D eigenvalue weighted by Crippen LogP contribution is 2.22. The van der Waals surface area contributed by atoms with Gasteiger partial charge in [0.1, 0.15) is 18.1 Å². The lowest BCUT2D eigenvalue weighted by atomic mass is 10.2. The monoisotopic (exact) mass is 410 g/mol. The van der Waals surface area contributed by atoms with Crippen LogP contribution in [-0.4, -0.2) is 38.1 Å². The van der Waals surface area contributed by atoms with Crippen LogP contribution in [0.2, 0.25) is 0 Å². The number of amides is 1. The Labute approximate surface area is 175 Å². The number of hydrogen-bond donors (Lipinski definition) is 1. The second-order valence-electron chi connectivity index (χ2n) is 6.83. The second kappa shape index (κ2) is 10.6. The highest BCUT2D eigenvalue weighted by atomic mass is 32.1. The third kappa shape index (κ3) is 6.62. The van der Waals surface area contributed by atoms with E-state index < -0.39 is 0 Å². The van der Waals surface area contributed by atoms with Crippen LogP contribution in [0.4, 0.5) is 0 Å². The number of ether oxygens (including phenoxy) is 2. The number of carbonyl (C=O) groups is 1. The Morgan fingerprint density at radius 2 is 1.66 bits per heavy atom. The Hall–Kier alpha value is -2.83. The molecule has 1 atom stereocenters. The lowest BCUT2D eigenvalue weighted by Gasteiger charge is -2.23. The van der Waals surface area contributed by atoms with Crippen molar-refractivity contribution in [1.82, 2.24) is 10.2 Å². The van der Waals surface area contributed by atoms with Crippen LogP contribution in [0.3, 0.4) is 0 Å². The molecule has 1 unspecified atom stereocenters. The van der Waals surface area contributed by atoms with Crippen LogP contribution in [0.1, 0.15) is 16.5 Å². The SMILES string of the molecule is CN(C)C(CNC(=O)COc1ccc(OCc2ccccc2)cc1)c1cccs1. The first-order chi connectivity index (χ1) is 14.1. The summed E-state index contributed by atoms with van der Waals surface area (Å²) in [5, 5.41) is 4.99. The molecule has 0 saturated carbocycles. The van der Waals surface area contributed by atoms with E-state index in [1.807, 2.05) is 80.1 Å². The van der Waals surface area contributed by atoms with Crippen LogP contribution in [0.25, 0.3) is 0 Å². The number of benzene rings is 2. The standard InChI is InChI=1S/C23H26N2O3S/c1-25(2)21(22-9-6-14-29-22)15-24-23(26)17-28-20-12-10-19(11-13-20)27-16-18-7-4-3-5-8-18/h3-14,21H,15-17H2,1-2H3,(H,24,26). The minimum atomic E-state index is -0.141. The molecule has 0 aliphatic carbocycles. The molecule has 0 saturated heterocycles. The highest BCUT2D eigenvalue weighted by molar-refractivity contribution is 7.10. The molecular formula is C23H26N2O3S. The number of hydrogen-bond acceptors (Lipinski definition) is 5. The van der Waals surface area contributed by atoms with Crippen LogP contribution in [0, 0.1) is 0 Å². The summed E-state index contributed by atoms with van der Waals surface area (Å²) in [5.41, 5.74) is 1.11. The molecule has 0 aliphatic heterocycles. The maximum absolute atomic E-state index is 12.2. The van der Waals surface area contributed by atoms with Crippen LogP contribution in [-0.2, 0) is 11.4 Å². The summed E-state index contributed by atoms with van der Waals surface area (Å²) in [5.74, 6) is 1.25. The van der Waals surface area contributed by atoms with Gasteiger partial charge >= 0.3 is 0 Å². The molecule has 1 N–H and O–H groups in total. The normalized spacial score (nSPS) is 11.8. The van der Waals surface area contributed by atoms with Crippen LogP contribution < -0.4 is 14.8 Å². The third-order valence-electron chi connectivity index (χ3n) is 4.43. The van der Waals surface area contributed by atoms with Crippen LogP contribution in [0.15, 0.2) is 72.1 Å². The van der Waals surface area contributed by atoms with Gasteiger partial charge in [-0.2, -0.15) is 0 Å². The van der Waals surface area contributed by atoms with Crippen molar-refractivity contribution in [3.63, 3.8) is 0 Å². The van der Waals surface area contributed by atoms with Gasteiger partial charge in [0, 0.05) is 11.4 Å². The predicted octanol–water partition coefficient (Wildman–Crippen LogP) is 4.13. The lowest BCUT2D eigenvalue weighted by Crippen LogP contribution is -2.36. The maximum atomic E-state index is 12.2. The van der Waals surface area contributed by atoms with Crippen molar-refractivity contribution in [3.05, 3.63) is 82.6 Å². The summed E-state index contributed by atoms with van der Waals surface area (Å²) in [6, 6.07) is 21.6. The Morgan fingerprint density at radius 1 is 0.966 bits per heavy atom. The minimum Gasteiger partial charge on any atom is -0.489 e. The molecule has 3 aromatic rings. The summed E-state index contributed by atoms with van der Waals surface area (Å²) in [7, 11) is 4.02. The first-order valence-electron chi connectivity index (χ1n) is 9.48. The lowest BCUT2D eigenvalue weighted by molar-refractivity contribution is -0.123. The molecule has 5 nitrogen and oxygen atoms in total. The number of nitrogens with one attached hydrogen (secondary N) is 1. The first kappa shape index (κ1) is 20.9. The van der Waals surface area contributed by atoms with Gasteiger partial charge in [-0.1, -0.05) is 36.4 Å². The second-order valence-corrected chi connectivity index (χ2v) is 7.81. The van der Waals surface area contributed by atoms with Gasteiger partial charge in [-0.3, -0.25) is 4.79 Å². The number of carbonyl (C=O) groups excluding carboxylic acids is 1. The van der Waals surface area contributed by atoms with E-state index in [0.29, 0.717) is 18.9 Å². The highest BCUT2D eigenvalue weighted by Gasteiger charge is 2.16. The van der Waals surface area contributed by atoms with E-state index in [1.54, 1.807) is 11.3 Å². The van der Waals surface area contributed by atoms with E-state index in [-0.39, 0.29) is 18.6 Å². The molecule has 0 radical (unpaired) electrons. The third-order valence-corrected chi connectivity index (χ3v) is 5.40. The summed E-state index contributed by atoms with van der Waals surface area (Å²) in [6.07, 6.45) is 0. The van der Waals surface area contributed by atoms with Crippen molar-refractivity contribution in [2.45, 2.75) is 12.6 Å². The van der Waals surface area contributed by atoms with E-state index in [9.17, 15) is 4.79 Å². The maximum Gasteiger partial charge on any atom is 0.258 e. The first-order valence-corrected chi connectivity index (χ1v) is 10.4. The zero-order valence-corrected chi connectivity index (χ0v) is 17.5. The van der Waals surface area contributed by atoms with Gasteiger partial charge in [0.05, 0.1) is 6.04 Å². The average molecular weight is 411 g/mol. The zero-order valence-electron chi connectivity index (χ0n) is 16.7. The summed E-state index contributed by atoms with van der Waals surface area (Å²) in [6.45, 7) is 1.04. The number of nitrogens with zero attached hydrogens (tertiary/aromatic N) is 1. The average Bonchev–Trinajstić information content (AvgIpc) is 3.26. The van der Waals surface area contributed by atoms with Crippen molar-refractivity contribution >= 4 is 17.2 Å². The van der Waals surface area contributed by atoms with Crippen molar-refractivity contribution < 1.29 is 14.3 Å². The molecule has 0 spiro atoms. The van der Waals surface area contributed by atoms with E-state index in [4.69, 9.17) is 9.47 Å². The van der Waals surface area contributed by atoms with Crippen molar-refractivity contribution in [2.75, 3.05) is 27.2 Å². The molecule has 3 rings (SSSR count). The van der Waals surface area contributed by atoms with Gasteiger partial charge in [0.2, 0.25) is 0 Å². The van der Waals surface area contributed by atoms with Crippen LogP contribution in [0.5, 0.6) is 11.5 Å². The Kier molecular flexibility index (Phi) is 7.67. The molecule has 152 valence electrons. The largest absolute Gasteiger partial charge is 0.489 e. The molecule has 0 fully saturated rings. The van der Waals surface area contributed by atoms with Crippen LogP contribution >= 0.6 is 11.3 Å². The smallest absolute Gasteiger partial charge is 0.258 e. The minimum absolute atomic E-state index is 0.0190. The topological polar surface area (TPSA) is 50.8 Å². The van der Waals surface area contributed by atoms with Gasteiger partial charge in [-0.25, -0.2) is 0 Å². The molecule has 0 bridgehead atoms. The van der Waals surface area contributed by atoms with Gasteiger partial charge in [-0.05, 0) is 55.4 Å². The number of likely N-dealkylation sites (N-methyl/N-ethyl adjacent to an activating group) is 1. The van der Waals surface area contributed by atoms with E-state index in [0.717, 1.165) is 11.3 Å². The number of rotatable bonds is 10. The Balaban J connectivity index is 1.41. The summed E-state index contributed by atoms with van der Waals surface area (Å²) < 4.78 is 11.3. The summed E-state index contributed by atoms with van der Waals surface area (Å²) in [4.78, 5) is 15.5. The Bertz CT molecular complexity index is 865. The fourth-order valence-corrected chi connectivity index (χ4v) is 3.72. The quantitative estimate of drug-likeness (QED) is 0.546. The zero-order chi connectivity index (χ0) is 20.5. The molecule has 1 heterocycles.